The molecule has 0 saturated carbocycles. The third kappa shape index (κ3) is 3.34. The highest BCUT2D eigenvalue weighted by Gasteiger charge is 2.30. The zero-order valence-electron chi connectivity index (χ0n) is 10.5. The van der Waals surface area contributed by atoms with Gasteiger partial charge >= 0.3 is 5.97 Å². The molecule has 0 N–H and O–H groups in total. The van der Waals surface area contributed by atoms with E-state index in [1.807, 2.05) is 6.92 Å². The molecule has 0 radical (unpaired) electrons. The van der Waals surface area contributed by atoms with Gasteiger partial charge in [-0.15, -0.1) is 0 Å². The second kappa shape index (κ2) is 7.02. The molecule has 7 heteroatoms. The second-order valence-electron chi connectivity index (χ2n) is 3.75. The van der Waals surface area contributed by atoms with E-state index >= 15 is 0 Å². The molecular weight excluding hydrogens is 283 g/mol. The molecule has 0 bridgehead atoms. The molecule has 1 aromatic rings. The zero-order chi connectivity index (χ0) is 15.3. The first-order chi connectivity index (χ1) is 9.41. The summed E-state index contributed by atoms with van der Waals surface area (Å²) in [7, 11) is 0. The molecular formula is C13H11F5O2. The molecule has 0 heterocycles. The molecule has 20 heavy (non-hydrogen) atoms. The summed E-state index contributed by atoms with van der Waals surface area (Å²) in [4.78, 5) is 11.4. The molecule has 1 rings (SSSR count). The quantitative estimate of drug-likeness (QED) is 0.206. The largest absolute Gasteiger partial charge is 0.462 e. The summed E-state index contributed by atoms with van der Waals surface area (Å²) in [5.41, 5.74) is -1.58. The number of rotatable bonds is 5. The molecule has 0 atom stereocenters. The number of ether oxygens (including phenoxy) is 1. The Bertz CT molecular complexity index is 511. The van der Waals surface area contributed by atoms with Crippen molar-refractivity contribution < 1.29 is 31.5 Å². The van der Waals surface area contributed by atoms with E-state index < -0.39 is 40.6 Å². The van der Waals surface area contributed by atoms with Crippen molar-refractivity contribution in [3.05, 3.63) is 46.8 Å². The Balaban J connectivity index is 2.91. The Hall–Kier alpha value is -1.92. The van der Waals surface area contributed by atoms with E-state index in [9.17, 15) is 26.7 Å². The zero-order valence-corrected chi connectivity index (χ0v) is 10.5. The molecule has 0 spiro atoms. The topological polar surface area (TPSA) is 26.3 Å². The minimum atomic E-state index is -2.32. The summed E-state index contributed by atoms with van der Waals surface area (Å²) >= 11 is 0. The molecule has 0 saturated heterocycles. The molecule has 0 aliphatic carbocycles. The maximum absolute atomic E-state index is 13.2. The molecule has 0 fully saturated rings. The fourth-order valence-corrected chi connectivity index (χ4v) is 1.36. The van der Waals surface area contributed by atoms with Crippen molar-refractivity contribution in [3.8, 4) is 0 Å². The fourth-order valence-electron chi connectivity index (χ4n) is 1.36. The number of esters is 1. The number of allylic oxidation sites excluding steroid dienone is 1. The second-order valence-corrected chi connectivity index (χ2v) is 3.75. The number of hydrogen-bond acceptors (Lipinski definition) is 2. The summed E-state index contributed by atoms with van der Waals surface area (Å²) in [6, 6.07) is 0. The Kier molecular flexibility index (Phi) is 5.66. The van der Waals surface area contributed by atoms with Crippen LogP contribution in [0.2, 0.25) is 0 Å². The van der Waals surface area contributed by atoms with Gasteiger partial charge in [0, 0.05) is 0 Å². The molecule has 0 amide bonds. The van der Waals surface area contributed by atoms with Crippen LogP contribution in [0.15, 0.2) is 12.2 Å². The first-order valence-electron chi connectivity index (χ1n) is 5.75. The predicted octanol–water partition coefficient (Wildman–Crippen LogP) is 3.90. The molecule has 2 nitrogen and oxygen atoms in total. The van der Waals surface area contributed by atoms with Crippen LogP contribution in [0.4, 0.5) is 22.0 Å². The lowest BCUT2D eigenvalue weighted by Gasteiger charge is -2.07. The third-order valence-electron chi connectivity index (χ3n) is 2.33. The highest BCUT2D eigenvalue weighted by atomic mass is 19.2. The maximum atomic E-state index is 13.2. The van der Waals surface area contributed by atoms with Crippen LogP contribution in [-0.2, 0) is 4.74 Å². The smallest absolute Gasteiger partial charge is 0.344 e. The van der Waals surface area contributed by atoms with Gasteiger partial charge in [0.05, 0.1) is 6.61 Å². The Labute approximate surface area is 111 Å². The van der Waals surface area contributed by atoms with Crippen LogP contribution < -0.4 is 0 Å². The molecule has 0 aliphatic rings. The van der Waals surface area contributed by atoms with Crippen molar-refractivity contribution >= 4 is 5.97 Å². The molecule has 110 valence electrons. The van der Waals surface area contributed by atoms with Gasteiger partial charge in [-0.1, -0.05) is 19.1 Å². The Morgan fingerprint density at radius 1 is 0.950 bits per heavy atom. The normalized spacial score (nSPS) is 11.1. The summed E-state index contributed by atoms with van der Waals surface area (Å²) in [6.07, 6.45) is 4.46. The highest BCUT2D eigenvalue weighted by molar-refractivity contribution is 5.90. The summed E-state index contributed by atoms with van der Waals surface area (Å²) in [5, 5.41) is 0. The van der Waals surface area contributed by atoms with Crippen molar-refractivity contribution in [1.82, 2.24) is 0 Å². The van der Waals surface area contributed by atoms with Gasteiger partial charge in [0.25, 0.3) is 0 Å². The number of carbonyl (C=O) groups excluding carboxylic acids is 1. The van der Waals surface area contributed by atoms with E-state index in [0.717, 1.165) is 6.42 Å². The summed E-state index contributed by atoms with van der Waals surface area (Å²) < 4.78 is 69.5. The summed E-state index contributed by atoms with van der Waals surface area (Å²) in [6.45, 7) is 1.64. The SMILES string of the molecule is CC/C=C/CCOC(=O)c1c(F)c(F)c(F)c(F)c1F. The van der Waals surface area contributed by atoms with Crippen LogP contribution in [-0.4, -0.2) is 12.6 Å². The van der Waals surface area contributed by atoms with E-state index in [2.05, 4.69) is 4.74 Å². The first-order valence-corrected chi connectivity index (χ1v) is 5.75. The van der Waals surface area contributed by atoms with Crippen LogP contribution >= 0.6 is 0 Å². The van der Waals surface area contributed by atoms with Crippen molar-refractivity contribution in [2.45, 2.75) is 19.8 Å². The van der Waals surface area contributed by atoms with Crippen molar-refractivity contribution in [1.29, 1.82) is 0 Å². The van der Waals surface area contributed by atoms with Gasteiger partial charge in [-0.2, -0.15) is 0 Å². The van der Waals surface area contributed by atoms with E-state index in [4.69, 9.17) is 0 Å². The molecule has 0 aliphatic heterocycles. The minimum absolute atomic E-state index is 0.227. The molecule has 0 aromatic heterocycles. The number of halogens is 5. The van der Waals surface area contributed by atoms with Crippen molar-refractivity contribution in [3.63, 3.8) is 0 Å². The van der Waals surface area contributed by atoms with E-state index in [1.165, 1.54) is 0 Å². The van der Waals surface area contributed by atoms with Crippen LogP contribution in [0.3, 0.4) is 0 Å². The standard InChI is InChI=1S/C13H11F5O2/c1-2-3-4-5-6-20-13(19)7-8(14)10(16)12(18)11(17)9(7)15/h3-4H,2,5-6H2,1H3/b4-3+. The third-order valence-corrected chi connectivity index (χ3v) is 2.33. The van der Waals surface area contributed by atoms with Crippen LogP contribution in [0, 0.1) is 29.1 Å². The number of benzene rings is 1. The maximum Gasteiger partial charge on any atom is 0.344 e. The van der Waals surface area contributed by atoms with E-state index in [0.29, 0.717) is 0 Å². The van der Waals surface area contributed by atoms with Gasteiger partial charge in [0.15, 0.2) is 23.3 Å². The van der Waals surface area contributed by atoms with Gasteiger partial charge in [-0.05, 0) is 12.8 Å². The van der Waals surface area contributed by atoms with Gasteiger partial charge in [-0.25, -0.2) is 26.7 Å². The van der Waals surface area contributed by atoms with Gasteiger partial charge < -0.3 is 4.74 Å². The Morgan fingerprint density at radius 3 is 1.95 bits per heavy atom. The van der Waals surface area contributed by atoms with E-state index in [-0.39, 0.29) is 13.0 Å². The lowest BCUT2D eigenvalue weighted by atomic mass is 10.1. The van der Waals surface area contributed by atoms with Crippen LogP contribution in [0.1, 0.15) is 30.1 Å². The number of hydrogen-bond donors (Lipinski definition) is 0. The van der Waals surface area contributed by atoms with Crippen molar-refractivity contribution in [2.24, 2.45) is 0 Å². The highest BCUT2D eigenvalue weighted by Crippen LogP contribution is 2.23. The monoisotopic (exact) mass is 294 g/mol. The first kappa shape index (κ1) is 16.1. The average molecular weight is 294 g/mol. The lowest BCUT2D eigenvalue weighted by molar-refractivity contribution is 0.0497. The van der Waals surface area contributed by atoms with Crippen LogP contribution in [0.5, 0.6) is 0 Å². The Morgan fingerprint density at radius 2 is 1.45 bits per heavy atom. The van der Waals surface area contributed by atoms with Crippen molar-refractivity contribution in [2.75, 3.05) is 6.61 Å². The van der Waals surface area contributed by atoms with E-state index in [1.54, 1.807) is 12.2 Å². The predicted molar refractivity (Wildman–Crippen MR) is 60.6 cm³/mol. The minimum Gasteiger partial charge on any atom is -0.462 e. The molecule has 0 unspecified atom stereocenters. The number of carbonyl (C=O) groups is 1. The molecule has 1 aromatic carbocycles. The summed E-state index contributed by atoms with van der Waals surface area (Å²) in [5.74, 6) is -12.7. The lowest BCUT2D eigenvalue weighted by Crippen LogP contribution is -2.15. The fraction of sp³-hybridized carbons (Fsp3) is 0.308. The van der Waals surface area contributed by atoms with Gasteiger partial charge in [0.2, 0.25) is 5.82 Å². The van der Waals surface area contributed by atoms with Crippen LogP contribution in [0.25, 0.3) is 0 Å². The van der Waals surface area contributed by atoms with Gasteiger partial charge in [-0.3, -0.25) is 0 Å². The van der Waals surface area contributed by atoms with Gasteiger partial charge in [0.1, 0.15) is 5.56 Å². The average Bonchev–Trinajstić information content (AvgIpc) is 2.43.